The lowest BCUT2D eigenvalue weighted by Crippen LogP contribution is -2.40. The molecule has 1 N–H and O–H groups in total. The first-order valence-corrected chi connectivity index (χ1v) is 6.81. The first kappa shape index (κ1) is 13.7. The van der Waals surface area contributed by atoms with Gasteiger partial charge in [0.1, 0.15) is 5.76 Å². The zero-order valence-corrected chi connectivity index (χ0v) is 12.1. The first-order chi connectivity index (χ1) is 10.0. The molecule has 21 heavy (non-hydrogen) atoms. The number of urea groups is 1. The minimum Gasteiger partial charge on any atom is -0.466 e. The fraction of sp³-hybridized carbons (Fsp3) is 0.200. The molecule has 6 heteroatoms. The largest absolute Gasteiger partial charge is 0.466 e. The van der Waals surface area contributed by atoms with E-state index in [1.54, 1.807) is 37.3 Å². The molecule has 1 fully saturated rings. The van der Waals surface area contributed by atoms with E-state index < -0.39 is 11.6 Å². The van der Waals surface area contributed by atoms with Crippen molar-refractivity contribution in [1.82, 2.24) is 10.2 Å². The Hall–Kier alpha value is -2.27. The van der Waals surface area contributed by atoms with Gasteiger partial charge in [0.25, 0.3) is 5.91 Å². The van der Waals surface area contributed by atoms with Crippen molar-refractivity contribution in [3.63, 3.8) is 0 Å². The van der Waals surface area contributed by atoms with Gasteiger partial charge < -0.3 is 9.73 Å². The molecule has 2 aromatic rings. The van der Waals surface area contributed by atoms with Crippen molar-refractivity contribution in [3.8, 4) is 0 Å². The maximum atomic E-state index is 12.6. The van der Waals surface area contributed by atoms with E-state index >= 15 is 0 Å². The third-order valence-electron chi connectivity index (χ3n) is 3.52. The summed E-state index contributed by atoms with van der Waals surface area (Å²) in [6, 6.07) is 9.96. The molecule has 0 unspecified atom stereocenters. The highest BCUT2D eigenvalue weighted by atomic mass is 35.5. The highest BCUT2D eigenvalue weighted by molar-refractivity contribution is 6.30. The van der Waals surface area contributed by atoms with Gasteiger partial charge in [-0.3, -0.25) is 9.69 Å². The molecule has 0 aliphatic carbocycles. The molecule has 108 valence electrons. The fourth-order valence-electron chi connectivity index (χ4n) is 2.39. The van der Waals surface area contributed by atoms with E-state index in [1.165, 1.54) is 6.26 Å². The molecule has 1 aromatic heterocycles. The minimum atomic E-state index is -1.17. The standard InChI is InChI=1S/C15H13ClN2O3/c1-15(12-6-3-7-21-12)13(19)18(14(20)17-15)9-10-4-2-5-11(16)8-10/h2-8H,9H2,1H3,(H,17,20)/t15-/m0/s1. The van der Waals surface area contributed by atoms with Crippen LogP contribution in [0.4, 0.5) is 4.79 Å². The lowest BCUT2D eigenvalue weighted by molar-refractivity contribution is -0.132. The predicted molar refractivity (Wildman–Crippen MR) is 76.6 cm³/mol. The summed E-state index contributed by atoms with van der Waals surface area (Å²) in [5, 5.41) is 3.24. The van der Waals surface area contributed by atoms with Crippen molar-refractivity contribution in [1.29, 1.82) is 0 Å². The fourth-order valence-corrected chi connectivity index (χ4v) is 2.60. The summed E-state index contributed by atoms with van der Waals surface area (Å²) in [5.74, 6) is 0.0665. The smallest absolute Gasteiger partial charge is 0.325 e. The quantitative estimate of drug-likeness (QED) is 0.887. The first-order valence-electron chi connectivity index (χ1n) is 6.43. The lowest BCUT2D eigenvalue weighted by atomic mass is 9.99. The molecule has 1 saturated heterocycles. The number of amides is 3. The number of benzene rings is 1. The summed E-state index contributed by atoms with van der Waals surface area (Å²) in [6.45, 7) is 1.80. The van der Waals surface area contributed by atoms with Crippen molar-refractivity contribution >= 4 is 23.5 Å². The number of nitrogens with zero attached hydrogens (tertiary/aromatic N) is 1. The van der Waals surface area contributed by atoms with Crippen LogP contribution in [0, 0.1) is 0 Å². The maximum absolute atomic E-state index is 12.6. The third-order valence-corrected chi connectivity index (χ3v) is 3.75. The van der Waals surface area contributed by atoms with Gasteiger partial charge in [0.2, 0.25) is 0 Å². The van der Waals surface area contributed by atoms with Crippen LogP contribution < -0.4 is 5.32 Å². The predicted octanol–water partition coefficient (Wildman–Crippen LogP) is 2.90. The summed E-state index contributed by atoms with van der Waals surface area (Å²) in [4.78, 5) is 25.8. The zero-order valence-electron chi connectivity index (χ0n) is 11.3. The van der Waals surface area contributed by atoms with Crippen LogP contribution in [0.1, 0.15) is 18.2 Å². The third kappa shape index (κ3) is 2.29. The average Bonchev–Trinajstić information content (AvgIpc) is 3.04. The molecule has 1 aliphatic rings. The van der Waals surface area contributed by atoms with Gasteiger partial charge in [-0.1, -0.05) is 23.7 Å². The topological polar surface area (TPSA) is 62.6 Å². The van der Waals surface area contributed by atoms with Crippen molar-refractivity contribution in [2.24, 2.45) is 0 Å². The number of carbonyl (C=O) groups is 2. The molecule has 0 radical (unpaired) electrons. The molecular weight excluding hydrogens is 292 g/mol. The van der Waals surface area contributed by atoms with Gasteiger partial charge in [-0.2, -0.15) is 0 Å². The molecular formula is C15H13ClN2O3. The van der Waals surface area contributed by atoms with Crippen LogP contribution in [0.25, 0.3) is 0 Å². The highest BCUT2D eigenvalue weighted by Gasteiger charge is 2.50. The lowest BCUT2D eigenvalue weighted by Gasteiger charge is -2.19. The van der Waals surface area contributed by atoms with Crippen LogP contribution in [-0.2, 0) is 16.9 Å². The number of imide groups is 1. The van der Waals surface area contributed by atoms with E-state index in [9.17, 15) is 9.59 Å². The number of furan rings is 1. The van der Waals surface area contributed by atoms with Crippen LogP contribution in [0.15, 0.2) is 47.1 Å². The van der Waals surface area contributed by atoms with Crippen LogP contribution in [0.3, 0.4) is 0 Å². The molecule has 3 amide bonds. The van der Waals surface area contributed by atoms with Crippen LogP contribution in [-0.4, -0.2) is 16.8 Å². The average molecular weight is 305 g/mol. The maximum Gasteiger partial charge on any atom is 0.325 e. The summed E-state index contributed by atoms with van der Waals surface area (Å²) in [6.07, 6.45) is 1.47. The summed E-state index contributed by atoms with van der Waals surface area (Å²) >= 11 is 5.92. The molecule has 1 atom stereocenters. The SMILES string of the molecule is C[C@@]1(c2ccco2)NC(=O)N(Cc2cccc(Cl)c2)C1=O. The Kier molecular flexibility index (Phi) is 3.22. The van der Waals surface area contributed by atoms with E-state index in [4.69, 9.17) is 16.0 Å². The van der Waals surface area contributed by atoms with Crippen LogP contribution in [0.5, 0.6) is 0 Å². The van der Waals surface area contributed by atoms with Gasteiger partial charge >= 0.3 is 6.03 Å². The van der Waals surface area contributed by atoms with E-state index in [2.05, 4.69) is 5.32 Å². The molecule has 1 aromatic carbocycles. The molecule has 0 saturated carbocycles. The molecule has 3 rings (SSSR count). The Morgan fingerprint density at radius 3 is 2.76 bits per heavy atom. The molecule has 5 nitrogen and oxygen atoms in total. The Balaban J connectivity index is 1.88. The zero-order chi connectivity index (χ0) is 15.0. The Morgan fingerprint density at radius 1 is 1.29 bits per heavy atom. The highest BCUT2D eigenvalue weighted by Crippen LogP contribution is 2.30. The number of hydrogen-bond donors (Lipinski definition) is 1. The second kappa shape index (κ2) is 4.93. The van der Waals surface area contributed by atoms with Crippen molar-refractivity contribution in [3.05, 3.63) is 59.0 Å². The van der Waals surface area contributed by atoms with E-state index in [0.717, 1.165) is 10.5 Å². The van der Waals surface area contributed by atoms with Gasteiger partial charge in [0.05, 0.1) is 12.8 Å². The molecule has 2 heterocycles. The Bertz CT molecular complexity index is 699. The number of nitrogens with one attached hydrogen (secondary N) is 1. The molecule has 1 aliphatic heterocycles. The summed E-state index contributed by atoms with van der Waals surface area (Å²) in [7, 11) is 0. The van der Waals surface area contributed by atoms with Gasteiger partial charge in [-0.05, 0) is 36.8 Å². The Labute approximate surface area is 126 Å². The van der Waals surface area contributed by atoms with Crippen molar-refractivity contribution < 1.29 is 14.0 Å². The van der Waals surface area contributed by atoms with Crippen LogP contribution in [0.2, 0.25) is 5.02 Å². The summed E-state index contributed by atoms with van der Waals surface area (Å²) in [5.41, 5.74) is -0.381. The van der Waals surface area contributed by atoms with E-state index in [-0.39, 0.29) is 12.5 Å². The van der Waals surface area contributed by atoms with Gasteiger partial charge in [-0.15, -0.1) is 0 Å². The number of halogens is 1. The molecule has 0 bridgehead atoms. The number of hydrogen-bond acceptors (Lipinski definition) is 3. The minimum absolute atomic E-state index is 0.168. The van der Waals surface area contributed by atoms with E-state index in [0.29, 0.717) is 10.8 Å². The van der Waals surface area contributed by atoms with Gasteiger partial charge in [0.15, 0.2) is 5.54 Å². The second-order valence-corrected chi connectivity index (χ2v) is 5.49. The monoisotopic (exact) mass is 304 g/mol. The Morgan fingerprint density at radius 2 is 2.10 bits per heavy atom. The van der Waals surface area contributed by atoms with Gasteiger partial charge in [0, 0.05) is 5.02 Å². The molecule has 0 spiro atoms. The summed E-state index contributed by atoms with van der Waals surface area (Å²) < 4.78 is 5.27. The van der Waals surface area contributed by atoms with Crippen LogP contribution >= 0.6 is 11.6 Å². The van der Waals surface area contributed by atoms with Crippen molar-refractivity contribution in [2.45, 2.75) is 19.0 Å². The van der Waals surface area contributed by atoms with E-state index in [1.807, 2.05) is 6.07 Å². The van der Waals surface area contributed by atoms with Crippen molar-refractivity contribution in [2.75, 3.05) is 0 Å². The van der Waals surface area contributed by atoms with Gasteiger partial charge in [-0.25, -0.2) is 4.79 Å². The number of carbonyl (C=O) groups excluding carboxylic acids is 2. The normalized spacial score (nSPS) is 21.7. The second-order valence-electron chi connectivity index (χ2n) is 5.05. The number of rotatable bonds is 3.